The largest absolute Gasteiger partial charge is 0.197 e. The Labute approximate surface area is 158 Å². The third-order valence-corrected chi connectivity index (χ3v) is 4.69. The first-order valence-electron chi connectivity index (χ1n) is 8.91. The van der Waals surface area contributed by atoms with Crippen LogP contribution in [0.1, 0.15) is 16.8 Å². The number of benzene rings is 3. The Balaban J connectivity index is 1.80. The van der Waals surface area contributed by atoms with E-state index >= 15 is 0 Å². The summed E-state index contributed by atoms with van der Waals surface area (Å²) in [6.45, 7) is 0.817. The van der Waals surface area contributed by atoms with Crippen molar-refractivity contribution in [2.45, 2.75) is 13.0 Å². The van der Waals surface area contributed by atoms with Crippen LogP contribution in [0, 0.1) is 0 Å². The molecular weight excluding hydrogens is 332 g/mol. The van der Waals surface area contributed by atoms with Crippen molar-refractivity contribution in [1.82, 2.24) is 0 Å². The van der Waals surface area contributed by atoms with Crippen LogP contribution < -0.4 is 4.57 Å². The Morgan fingerprint density at radius 2 is 1.59 bits per heavy atom. The molecule has 0 aliphatic heterocycles. The maximum atomic E-state index is 8.70. The van der Waals surface area contributed by atoms with Gasteiger partial charge in [-0.2, -0.15) is 4.57 Å². The second kappa shape index (κ2) is 7.73. The fourth-order valence-electron chi connectivity index (χ4n) is 3.42. The van der Waals surface area contributed by atoms with E-state index in [4.69, 9.17) is 5.53 Å². The Morgan fingerprint density at radius 1 is 0.815 bits per heavy atom. The first-order chi connectivity index (χ1) is 13.3. The van der Waals surface area contributed by atoms with Gasteiger partial charge in [0.2, 0.25) is 0 Å². The van der Waals surface area contributed by atoms with Crippen LogP contribution in [-0.4, -0.2) is 0 Å². The van der Waals surface area contributed by atoms with Crippen molar-refractivity contribution < 1.29 is 4.57 Å². The third kappa shape index (κ3) is 3.81. The number of aromatic nitrogens is 1. The molecule has 0 N–H and O–H groups in total. The van der Waals surface area contributed by atoms with Gasteiger partial charge in [0.1, 0.15) is 0 Å². The van der Waals surface area contributed by atoms with Gasteiger partial charge in [0.05, 0.1) is 6.42 Å². The van der Waals surface area contributed by atoms with Crippen molar-refractivity contribution in [2.24, 2.45) is 5.11 Å². The predicted octanol–water partition coefficient (Wildman–Crippen LogP) is 5.71. The number of hydrogen-bond donors (Lipinski definition) is 0. The molecule has 3 aromatic carbocycles. The minimum absolute atomic E-state index is 0.643. The van der Waals surface area contributed by atoms with Gasteiger partial charge in [-0.1, -0.05) is 71.8 Å². The first kappa shape index (κ1) is 16.8. The van der Waals surface area contributed by atoms with E-state index in [1.165, 1.54) is 22.0 Å². The molecule has 0 saturated heterocycles. The van der Waals surface area contributed by atoms with E-state index < -0.39 is 0 Å². The Hall–Kier alpha value is -3.62. The highest BCUT2D eigenvalue weighted by Gasteiger charge is 2.16. The van der Waals surface area contributed by atoms with Crippen LogP contribution in [0.25, 0.3) is 21.2 Å². The van der Waals surface area contributed by atoms with E-state index in [1.54, 1.807) is 0 Å². The molecule has 0 amide bonds. The summed E-state index contributed by atoms with van der Waals surface area (Å²) < 4.78 is 2.30. The molecular formula is C23H19N4+. The highest BCUT2D eigenvalue weighted by atomic mass is 15.1. The maximum absolute atomic E-state index is 8.70. The monoisotopic (exact) mass is 351 g/mol. The number of rotatable bonds is 5. The van der Waals surface area contributed by atoms with Gasteiger partial charge in [0.25, 0.3) is 0 Å². The topological polar surface area (TPSA) is 52.6 Å². The molecule has 4 rings (SSSR count). The number of azide groups is 1. The molecule has 1 aromatic heterocycles. The van der Waals surface area contributed by atoms with Crippen LogP contribution >= 0.6 is 0 Å². The van der Waals surface area contributed by atoms with Gasteiger partial charge in [-0.15, -0.1) is 0 Å². The summed E-state index contributed by atoms with van der Waals surface area (Å²) in [6.07, 6.45) is 2.92. The highest BCUT2D eigenvalue weighted by Crippen LogP contribution is 2.21. The lowest BCUT2D eigenvalue weighted by molar-refractivity contribution is -0.693. The quantitative estimate of drug-likeness (QED) is 0.191. The zero-order valence-electron chi connectivity index (χ0n) is 14.9. The van der Waals surface area contributed by atoms with Crippen LogP contribution in [0.5, 0.6) is 0 Å². The fourth-order valence-corrected chi connectivity index (χ4v) is 3.42. The Bertz CT molecular complexity index is 1130. The predicted molar refractivity (Wildman–Crippen MR) is 108 cm³/mol. The van der Waals surface area contributed by atoms with Crippen molar-refractivity contribution in [1.29, 1.82) is 0 Å². The molecule has 0 atom stereocenters. The average Bonchev–Trinajstić information content (AvgIpc) is 2.71. The van der Waals surface area contributed by atoms with Crippen molar-refractivity contribution in [3.05, 3.63) is 118 Å². The van der Waals surface area contributed by atoms with Crippen LogP contribution in [0.15, 0.2) is 96.2 Å². The third-order valence-electron chi connectivity index (χ3n) is 4.69. The second-order valence-corrected chi connectivity index (χ2v) is 6.50. The molecule has 0 aliphatic carbocycles. The molecule has 4 heteroatoms. The lowest BCUT2D eigenvalue weighted by Gasteiger charge is -2.09. The minimum Gasteiger partial charge on any atom is -0.197 e. The zero-order chi connectivity index (χ0) is 18.5. The molecule has 4 nitrogen and oxygen atoms in total. The van der Waals surface area contributed by atoms with Crippen molar-refractivity contribution in [3.8, 4) is 0 Å². The van der Waals surface area contributed by atoms with E-state index in [0.717, 1.165) is 18.5 Å². The van der Waals surface area contributed by atoms with E-state index in [-0.39, 0.29) is 0 Å². The van der Waals surface area contributed by atoms with Gasteiger partial charge in [0.15, 0.2) is 18.4 Å². The van der Waals surface area contributed by atoms with Gasteiger partial charge >= 0.3 is 0 Å². The molecule has 130 valence electrons. The highest BCUT2D eigenvalue weighted by molar-refractivity contribution is 5.83. The number of fused-ring (bicyclic) bond motifs is 1. The second-order valence-electron chi connectivity index (χ2n) is 6.50. The van der Waals surface area contributed by atoms with Crippen LogP contribution in [0.2, 0.25) is 0 Å². The van der Waals surface area contributed by atoms with E-state index in [0.29, 0.717) is 5.69 Å². The fraction of sp³-hybridized carbons (Fsp3) is 0.0870. The van der Waals surface area contributed by atoms with Gasteiger partial charge in [-0.05, 0) is 28.6 Å². The Kier molecular flexibility index (Phi) is 4.82. The summed E-state index contributed by atoms with van der Waals surface area (Å²) in [5.74, 6) is 0. The number of nitrogens with zero attached hydrogens (tertiary/aromatic N) is 4. The normalized spacial score (nSPS) is 10.5. The molecule has 0 saturated carbocycles. The van der Waals surface area contributed by atoms with Crippen molar-refractivity contribution in [2.75, 3.05) is 0 Å². The van der Waals surface area contributed by atoms with Crippen LogP contribution in [0.4, 0.5) is 5.69 Å². The molecule has 1 heterocycles. The number of pyridine rings is 1. The van der Waals surface area contributed by atoms with E-state index in [9.17, 15) is 0 Å². The van der Waals surface area contributed by atoms with Gasteiger partial charge in [-0.3, -0.25) is 0 Å². The van der Waals surface area contributed by atoms with Gasteiger partial charge in [0, 0.05) is 27.6 Å². The summed E-state index contributed by atoms with van der Waals surface area (Å²) in [6, 6.07) is 28.9. The molecule has 0 bridgehead atoms. The number of hydrogen-bond acceptors (Lipinski definition) is 1. The molecule has 0 unspecified atom stereocenters. The molecule has 27 heavy (non-hydrogen) atoms. The summed E-state index contributed by atoms with van der Waals surface area (Å²) in [4.78, 5) is 2.90. The zero-order valence-corrected chi connectivity index (χ0v) is 14.9. The van der Waals surface area contributed by atoms with E-state index in [1.807, 2.05) is 24.3 Å². The van der Waals surface area contributed by atoms with E-state index in [2.05, 4.69) is 81.5 Å². The standard InChI is InChI=1S/C23H19N4/c24-26-25-21-11-6-9-19(15-21)16-23-22-12-5-4-10-20(22)13-14-27(23)17-18-7-2-1-3-8-18/h1-15H,16-17H2/q+1. The summed E-state index contributed by atoms with van der Waals surface area (Å²) in [5, 5.41) is 6.20. The smallest absolute Gasteiger partial charge is 0.193 e. The lowest BCUT2D eigenvalue weighted by atomic mass is 10.0. The summed E-state index contributed by atoms with van der Waals surface area (Å²) in [7, 11) is 0. The lowest BCUT2D eigenvalue weighted by Crippen LogP contribution is -2.39. The first-order valence-corrected chi connectivity index (χ1v) is 8.91. The summed E-state index contributed by atoms with van der Waals surface area (Å²) >= 11 is 0. The van der Waals surface area contributed by atoms with Gasteiger partial charge in [-0.25, -0.2) is 0 Å². The summed E-state index contributed by atoms with van der Waals surface area (Å²) in [5.41, 5.74) is 13.0. The van der Waals surface area contributed by atoms with Crippen molar-refractivity contribution in [3.63, 3.8) is 0 Å². The van der Waals surface area contributed by atoms with Crippen LogP contribution in [0.3, 0.4) is 0 Å². The molecule has 0 radical (unpaired) electrons. The SMILES string of the molecule is [N-]=[N+]=Nc1cccc(Cc2c3ccccc3cc[n+]2Cc2ccccc2)c1. The van der Waals surface area contributed by atoms with Crippen molar-refractivity contribution >= 4 is 16.5 Å². The van der Waals surface area contributed by atoms with Gasteiger partial charge < -0.3 is 0 Å². The molecule has 0 aliphatic rings. The minimum atomic E-state index is 0.643. The maximum Gasteiger partial charge on any atom is 0.193 e. The average molecular weight is 351 g/mol. The molecule has 0 fully saturated rings. The Morgan fingerprint density at radius 3 is 2.44 bits per heavy atom. The molecule has 0 spiro atoms. The van der Waals surface area contributed by atoms with Crippen LogP contribution in [-0.2, 0) is 13.0 Å². The molecule has 4 aromatic rings.